The summed E-state index contributed by atoms with van der Waals surface area (Å²) in [6, 6.07) is 13.9. The molecule has 0 aliphatic carbocycles. The van der Waals surface area contributed by atoms with Gasteiger partial charge in [-0.05, 0) is 49.6 Å². The lowest BCUT2D eigenvalue weighted by atomic mass is 10.1. The van der Waals surface area contributed by atoms with Gasteiger partial charge in [-0.2, -0.15) is 0 Å². The molecule has 0 aliphatic heterocycles. The molecule has 0 spiro atoms. The number of amides is 1. The Kier molecular flexibility index (Phi) is 4.98. The second kappa shape index (κ2) is 7.34. The molecule has 4 nitrogen and oxygen atoms in total. The second-order valence-electron chi connectivity index (χ2n) is 6.28. The third-order valence-electron chi connectivity index (χ3n) is 4.33. The van der Waals surface area contributed by atoms with E-state index in [1.165, 1.54) is 11.1 Å². The molecule has 25 heavy (non-hydrogen) atoms. The number of carbonyl (C=O) groups excluding carboxylic acids is 1. The van der Waals surface area contributed by atoms with Crippen molar-refractivity contribution < 1.29 is 9.21 Å². The fraction of sp³-hybridized carbons (Fsp3) is 0.238. The fourth-order valence-electron chi connectivity index (χ4n) is 2.60. The van der Waals surface area contributed by atoms with Crippen molar-refractivity contribution in [3.05, 3.63) is 71.2 Å². The Balaban J connectivity index is 1.61. The molecule has 0 saturated carbocycles. The van der Waals surface area contributed by atoms with E-state index in [-0.39, 0.29) is 5.91 Å². The first-order valence-electron chi connectivity index (χ1n) is 8.41. The number of anilines is 1. The molecule has 0 unspecified atom stereocenters. The van der Waals surface area contributed by atoms with Crippen molar-refractivity contribution in [1.29, 1.82) is 0 Å². The highest BCUT2D eigenvalue weighted by Gasteiger charge is 2.10. The van der Waals surface area contributed by atoms with Crippen LogP contribution < -0.4 is 5.32 Å². The van der Waals surface area contributed by atoms with Crippen LogP contribution in [0.15, 0.2) is 53.1 Å². The summed E-state index contributed by atoms with van der Waals surface area (Å²) < 4.78 is 5.80. The SMILES string of the molecule is Cc1ccc(-c2cnc(CCC(=O)Nc3ccccc3C)o2)cc1C. The van der Waals surface area contributed by atoms with E-state index in [2.05, 4.69) is 36.3 Å². The second-order valence-corrected chi connectivity index (χ2v) is 6.28. The molecule has 0 saturated heterocycles. The number of para-hydroxylation sites is 1. The summed E-state index contributed by atoms with van der Waals surface area (Å²) >= 11 is 0. The molecule has 2 aromatic carbocycles. The molecule has 0 atom stereocenters. The highest BCUT2D eigenvalue weighted by Crippen LogP contribution is 2.23. The fourth-order valence-corrected chi connectivity index (χ4v) is 2.60. The van der Waals surface area contributed by atoms with Crippen LogP contribution in [-0.2, 0) is 11.2 Å². The zero-order valence-electron chi connectivity index (χ0n) is 14.8. The van der Waals surface area contributed by atoms with Crippen molar-refractivity contribution in [2.24, 2.45) is 0 Å². The minimum absolute atomic E-state index is 0.0415. The van der Waals surface area contributed by atoms with Crippen LogP contribution in [0.1, 0.15) is 29.0 Å². The topological polar surface area (TPSA) is 55.1 Å². The predicted octanol–water partition coefficient (Wildman–Crippen LogP) is 4.84. The molecule has 0 bridgehead atoms. The van der Waals surface area contributed by atoms with Crippen LogP contribution in [0.2, 0.25) is 0 Å². The summed E-state index contributed by atoms with van der Waals surface area (Å²) in [6.07, 6.45) is 2.53. The van der Waals surface area contributed by atoms with Crippen molar-refractivity contribution in [3.63, 3.8) is 0 Å². The van der Waals surface area contributed by atoms with Crippen LogP contribution >= 0.6 is 0 Å². The average molecular weight is 334 g/mol. The molecule has 1 heterocycles. The minimum Gasteiger partial charge on any atom is -0.441 e. The lowest BCUT2D eigenvalue weighted by molar-refractivity contribution is -0.116. The standard InChI is InChI=1S/C21H22N2O2/c1-14-8-9-17(12-16(14)3)19-13-22-21(25-19)11-10-20(24)23-18-7-5-4-6-15(18)2/h4-9,12-13H,10-11H2,1-3H3,(H,23,24). The Hall–Kier alpha value is -2.88. The van der Waals surface area contributed by atoms with Crippen LogP contribution in [0.5, 0.6) is 0 Å². The van der Waals surface area contributed by atoms with Gasteiger partial charge in [-0.15, -0.1) is 0 Å². The zero-order chi connectivity index (χ0) is 17.8. The van der Waals surface area contributed by atoms with Gasteiger partial charge in [0.2, 0.25) is 5.91 Å². The maximum atomic E-state index is 12.1. The first-order valence-corrected chi connectivity index (χ1v) is 8.41. The quantitative estimate of drug-likeness (QED) is 0.726. The van der Waals surface area contributed by atoms with Gasteiger partial charge < -0.3 is 9.73 Å². The molecular formula is C21H22N2O2. The maximum absolute atomic E-state index is 12.1. The van der Waals surface area contributed by atoms with E-state index in [9.17, 15) is 4.79 Å². The molecule has 1 amide bonds. The highest BCUT2D eigenvalue weighted by atomic mass is 16.4. The van der Waals surface area contributed by atoms with Gasteiger partial charge in [-0.1, -0.05) is 30.3 Å². The Labute approximate surface area is 147 Å². The zero-order valence-corrected chi connectivity index (χ0v) is 14.8. The van der Waals surface area contributed by atoms with Gasteiger partial charge in [-0.25, -0.2) is 4.98 Å². The lowest BCUT2D eigenvalue weighted by Crippen LogP contribution is -2.13. The summed E-state index contributed by atoms with van der Waals surface area (Å²) in [4.78, 5) is 16.4. The molecule has 4 heteroatoms. The molecular weight excluding hydrogens is 312 g/mol. The highest BCUT2D eigenvalue weighted by molar-refractivity contribution is 5.91. The van der Waals surface area contributed by atoms with Crippen LogP contribution in [0.25, 0.3) is 11.3 Å². The number of hydrogen-bond donors (Lipinski definition) is 1. The average Bonchev–Trinajstić information content (AvgIpc) is 3.07. The summed E-state index contributed by atoms with van der Waals surface area (Å²) in [5, 5.41) is 2.92. The van der Waals surface area contributed by atoms with E-state index < -0.39 is 0 Å². The number of hydrogen-bond acceptors (Lipinski definition) is 3. The largest absolute Gasteiger partial charge is 0.441 e. The van der Waals surface area contributed by atoms with Crippen LogP contribution in [0, 0.1) is 20.8 Å². The first kappa shape index (κ1) is 17.0. The third-order valence-corrected chi connectivity index (χ3v) is 4.33. The van der Waals surface area contributed by atoms with Gasteiger partial charge in [0, 0.05) is 24.1 Å². The Morgan fingerprint density at radius 1 is 1.04 bits per heavy atom. The summed E-state index contributed by atoms with van der Waals surface area (Å²) in [5.74, 6) is 1.27. The molecule has 0 radical (unpaired) electrons. The van der Waals surface area contributed by atoms with E-state index in [0.717, 1.165) is 22.6 Å². The number of nitrogens with one attached hydrogen (secondary N) is 1. The van der Waals surface area contributed by atoms with E-state index >= 15 is 0 Å². The van der Waals surface area contributed by atoms with Crippen molar-refractivity contribution in [3.8, 4) is 11.3 Å². The van der Waals surface area contributed by atoms with Crippen LogP contribution in [0.3, 0.4) is 0 Å². The number of benzene rings is 2. The van der Waals surface area contributed by atoms with E-state index in [1.54, 1.807) is 6.20 Å². The number of aromatic nitrogens is 1. The van der Waals surface area contributed by atoms with Gasteiger partial charge in [0.15, 0.2) is 11.7 Å². The Bertz CT molecular complexity index is 896. The molecule has 1 N–H and O–H groups in total. The van der Waals surface area contributed by atoms with Crippen molar-refractivity contribution in [2.45, 2.75) is 33.6 Å². The van der Waals surface area contributed by atoms with Gasteiger partial charge in [0.05, 0.1) is 6.20 Å². The molecule has 0 aliphatic rings. The summed E-state index contributed by atoms with van der Waals surface area (Å²) in [6.45, 7) is 6.13. The Morgan fingerprint density at radius 3 is 2.60 bits per heavy atom. The number of carbonyl (C=O) groups is 1. The van der Waals surface area contributed by atoms with E-state index in [1.807, 2.05) is 37.3 Å². The van der Waals surface area contributed by atoms with Gasteiger partial charge in [0.25, 0.3) is 0 Å². The number of oxazole rings is 1. The molecule has 3 rings (SSSR count). The van der Waals surface area contributed by atoms with Crippen LogP contribution in [-0.4, -0.2) is 10.9 Å². The van der Waals surface area contributed by atoms with Crippen molar-refractivity contribution >= 4 is 11.6 Å². The molecule has 0 fully saturated rings. The summed E-state index contributed by atoms with van der Waals surface area (Å²) in [5.41, 5.74) is 5.36. The third kappa shape index (κ3) is 4.15. The summed E-state index contributed by atoms with van der Waals surface area (Å²) in [7, 11) is 0. The molecule has 3 aromatic rings. The van der Waals surface area contributed by atoms with Crippen molar-refractivity contribution in [2.75, 3.05) is 5.32 Å². The van der Waals surface area contributed by atoms with Gasteiger partial charge in [0.1, 0.15) is 0 Å². The number of nitrogens with zero attached hydrogens (tertiary/aromatic N) is 1. The maximum Gasteiger partial charge on any atom is 0.224 e. The number of rotatable bonds is 5. The number of aryl methyl sites for hydroxylation is 4. The molecule has 128 valence electrons. The predicted molar refractivity (Wildman–Crippen MR) is 99.5 cm³/mol. The normalized spacial score (nSPS) is 10.7. The van der Waals surface area contributed by atoms with Gasteiger partial charge in [-0.3, -0.25) is 4.79 Å². The Morgan fingerprint density at radius 2 is 1.84 bits per heavy atom. The monoisotopic (exact) mass is 334 g/mol. The van der Waals surface area contributed by atoms with E-state index in [0.29, 0.717) is 18.7 Å². The lowest BCUT2D eigenvalue weighted by Gasteiger charge is -2.07. The molecule has 1 aromatic heterocycles. The van der Waals surface area contributed by atoms with E-state index in [4.69, 9.17) is 4.42 Å². The van der Waals surface area contributed by atoms with Crippen molar-refractivity contribution in [1.82, 2.24) is 4.98 Å². The van der Waals surface area contributed by atoms with Crippen LogP contribution in [0.4, 0.5) is 5.69 Å². The minimum atomic E-state index is -0.0415. The first-order chi connectivity index (χ1) is 12.0. The van der Waals surface area contributed by atoms with Gasteiger partial charge >= 0.3 is 0 Å². The smallest absolute Gasteiger partial charge is 0.224 e.